The molecule has 256 valence electrons. The Morgan fingerprint density at radius 2 is 1.38 bits per heavy atom. The maximum absolute atomic E-state index is 13.5. The summed E-state index contributed by atoms with van der Waals surface area (Å²) in [6.07, 6.45) is -10.9. The van der Waals surface area contributed by atoms with Crippen LogP contribution in [0.15, 0.2) is 48.5 Å². The summed E-state index contributed by atoms with van der Waals surface area (Å²) in [5.41, 5.74) is -4.20. The fraction of sp³-hybridized carbons (Fsp3) is 0.448. The summed E-state index contributed by atoms with van der Waals surface area (Å²) in [4.78, 5) is 53.3. The summed E-state index contributed by atoms with van der Waals surface area (Å²) in [5.74, 6) is -3.79. The van der Waals surface area contributed by atoms with E-state index >= 15 is 0 Å². The van der Waals surface area contributed by atoms with Crippen molar-refractivity contribution in [3.05, 3.63) is 70.8 Å². The fourth-order valence-corrected chi connectivity index (χ4v) is 6.36. The maximum Gasteiger partial charge on any atom is 0.533 e. The van der Waals surface area contributed by atoms with E-state index in [9.17, 15) is 53.9 Å². The van der Waals surface area contributed by atoms with Crippen molar-refractivity contribution in [3.8, 4) is 0 Å². The summed E-state index contributed by atoms with van der Waals surface area (Å²) < 4.78 is 115. The van der Waals surface area contributed by atoms with Crippen LogP contribution in [0.3, 0.4) is 0 Å². The van der Waals surface area contributed by atoms with Crippen molar-refractivity contribution >= 4 is 34.1 Å². The van der Waals surface area contributed by atoms with Gasteiger partial charge in [-0.1, -0.05) is 35.4 Å². The molecule has 18 heteroatoms. The molecule has 11 nitrogen and oxygen atoms in total. The van der Waals surface area contributed by atoms with Gasteiger partial charge in [-0.15, -0.1) is 0 Å². The number of hydrogen-bond acceptors (Lipinski definition) is 8. The Morgan fingerprint density at radius 3 is 1.91 bits per heavy atom. The van der Waals surface area contributed by atoms with E-state index in [1.54, 1.807) is 30.3 Å². The SMILES string of the molecule is O=C(OCC1CCC(CN(C(=O)c2cc(C(F)(F)F)cc(C(F)(F)F)c2)S(=O)(=O)NCc2ccccc2)CC1)ON1C(=O)CCC1=O. The molecule has 1 aliphatic carbocycles. The van der Waals surface area contributed by atoms with E-state index in [0.29, 0.717) is 23.5 Å². The highest BCUT2D eigenvalue weighted by molar-refractivity contribution is 7.87. The van der Waals surface area contributed by atoms with Gasteiger partial charge in [0.15, 0.2) is 0 Å². The lowest BCUT2D eigenvalue weighted by Gasteiger charge is -2.32. The Kier molecular flexibility index (Phi) is 10.8. The van der Waals surface area contributed by atoms with Crippen molar-refractivity contribution < 1.29 is 63.5 Å². The molecule has 0 atom stereocenters. The molecular formula is C29H29F6N3O8S. The molecule has 1 N–H and O–H groups in total. The number of benzene rings is 2. The van der Waals surface area contributed by atoms with Crippen molar-refractivity contribution in [3.63, 3.8) is 0 Å². The predicted molar refractivity (Wildman–Crippen MR) is 149 cm³/mol. The zero-order valence-corrected chi connectivity index (χ0v) is 25.3. The minimum atomic E-state index is -5.27. The molecule has 0 aromatic heterocycles. The quantitative estimate of drug-likeness (QED) is 0.203. The van der Waals surface area contributed by atoms with Gasteiger partial charge in [0.05, 0.1) is 17.7 Å². The van der Waals surface area contributed by atoms with Crippen molar-refractivity contribution in [2.75, 3.05) is 13.2 Å². The summed E-state index contributed by atoms with van der Waals surface area (Å²) in [5, 5.41) is 0.319. The van der Waals surface area contributed by atoms with Gasteiger partial charge in [0.25, 0.3) is 17.7 Å². The lowest BCUT2D eigenvalue weighted by Crippen LogP contribution is -2.47. The Labute approximate surface area is 264 Å². The van der Waals surface area contributed by atoms with Gasteiger partial charge >= 0.3 is 28.7 Å². The zero-order chi connectivity index (χ0) is 34.6. The van der Waals surface area contributed by atoms with E-state index in [1.165, 1.54) is 0 Å². The molecule has 3 amide bonds. The molecule has 0 spiro atoms. The molecule has 0 unspecified atom stereocenters. The second-order valence-electron chi connectivity index (χ2n) is 11.1. The van der Waals surface area contributed by atoms with Crippen molar-refractivity contribution in [1.82, 2.24) is 14.1 Å². The second kappa shape index (κ2) is 14.3. The van der Waals surface area contributed by atoms with Crippen molar-refractivity contribution in [2.45, 2.75) is 57.4 Å². The molecule has 1 heterocycles. The highest BCUT2D eigenvalue weighted by Crippen LogP contribution is 2.37. The Balaban J connectivity index is 1.49. The van der Waals surface area contributed by atoms with Crippen LogP contribution < -0.4 is 4.72 Å². The maximum atomic E-state index is 13.5. The zero-order valence-electron chi connectivity index (χ0n) is 24.5. The van der Waals surface area contributed by atoms with Gasteiger partial charge in [0.2, 0.25) is 0 Å². The molecule has 47 heavy (non-hydrogen) atoms. The van der Waals surface area contributed by atoms with Gasteiger partial charge in [0, 0.05) is 31.5 Å². The number of carbonyl (C=O) groups is 4. The van der Waals surface area contributed by atoms with Crippen LogP contribution in [-0.4, -0.2) is 54.8 Å². The standard InChI is InChI=1S/C29H29F6N3O8S/c30-28(31,32)22-12-21(13-23(14-22)29(33,34)35)26(41)37(47(43,44)36-15-18-4-2-1-3-5-18)16-19-6-8-20(9-7-19)17-45-27(42)46-38-24(39)10-11-25(38)40/h1-5,12-14,19-20,36H,6-11,15-17H2. The Bertz CT molecular complexity index is 1540. The molecule has 2 aromatic carbocycles. The topological polar surface area (TPSA) is 139 Å². The number of nitrogens with one attached hydrogen (secondary N) is 1. The number of imide groups is 1. The number of rotatable bonds is 10. The largest absolute Gasteiger partial charge is 0.533 e. The lowest BCUT2D eigenvalue weighted by molar-refractivity contribution is -0.177. The van der Waals surface area contributed by atoms with Gasteiger partial charge in [-0.3, -0.25) is 19.2 Å². The smallest absolute Gasteiger partial charge is 0.432 e. The summed E-state index contributed by atoms with van der Waals surface area (Å²) in [7, 11) is -4.79. The number of hydrogen-bond donors (Lipinski definition) is 1. The van der Waals surface area contributed by atoms with Crippen molar-refractivity contribution in [2.24, 2.45) is 11.8 Å². The van der Waals surface area contributed by atoms with Crippen LogP contribution in [-0.2, 0) is 48.3 Å². The van der Waals surface area contributed by atoms with E-state index in [1.807, 2.05) is 0 Å². The molecule has 4 rings (SSSR count). The normalized spacial score (nSPS) is 19.1. The van der Waals surface area contributed by atoms with Crippen LogP contribution >= 0.6 is 0 Å². The third kappa shape index (κ3) is 9.43. The number of ether oxygens (including phenoxy) is 1. The molecule has 0 radical (unpaired) electrons. The van der Waals surface area contributed by atoms with E-state index in [-0.39, 0.29) is 67.3 Å². The molecular weight excluding hydrogens is 664 g/mol. The molecule has 2 aromatic rings. The van der Waals surface area contributed by atoms with Gasteiger partial charge in [0.1, 0.15) is 0 Å². The minimum absolute atomic E-state index is 0.107. The second-order valence-corrected chi connectivity index (χ2v) is 12.7. The third-order valence-electron chi connectivity index (χ3n) is 7.65. The van der Waals surface area contributed by atoms with Crippen LogP contribution in [0.25, 0.3) is 0 Å². The summed E-state index contributed by atoms with van der Waals surface area (Å²) in [6.45, 7) is -1.06. The predicted octanol–water partition coefficient (Wildman–Crippen LogP) is 5.22. The first kappa shape index (κ1) is 35.7. The van der Waals surface area contributed by atoms with Gasteiger partial charge < -0.3 is 4.74 Å². The van der Waals surface area contributed by atoms with Crippen LogP contribution in [0.1, 0.15) is 65.6 Å². The number of hydroxylamine groups is 2. The number of halogens is 6. The lowest BCUT2D eigenvalue weighted by atomic mass is 9.82. The molecule has 1 aliphatic heterocycles. The van der Waals surface area contributed by atoms with Crippen LogP contribution in [0.4, 0.5) is 31.1 Å². The van der Waals surface area contributed by atoms with E-state index in [0.717, 1.165) is 0 Å². The minimum Gasteiger partial charge on any atom is -0.432 e. The Morgan fingerprint density at radius 1 is 0.851 bits per heavy atom. The van der Waals surface area contributed by atoms with E-state index in [4.69, 9.17) is 4.74 Å². The number of nitrogens with zero attached hydrogens (tertiary/aromatic N) is 2. The van der Waals surface area contributed by atoms with E-state index in [2.05, 4.69) is 9.56 Å². The van der Waals surface area contributed by atoms with Crippen LogP contribution in [0.5, 0.6) is 0 Å². The molecule has 0 bridgehead atoms. The monoisotopic (exact) mass is 693 g/mol. The van der Waals surface area contributed by atoms with Gasteiger partial charge in [-0.2, -0.15) is 39.5 Å². The molecule has 2 fully saturated rings. The number of amides is 3. The first-order valence-electron chi connectivity index (χ1n) is 14.3. The average Bonchev–Trinajstić information content (AvgIpc) is 3.33. The van der Waals surface area contributed by atoms with Gasteiger partial charge in [-0.25, -0.2) is 9.10 Å². The first-order chi connectivity index (χ1) is 21.9. The highest BCUT2D eigenvalue weighted by Gasteiger charge is 2.40. The number of alkyl halides is 6. The summed E-state index contributed by atoms with van der Waals surface area (Å²) in [6, 6.07) is 8.21. The molecule has 1 saturated heterocycles. The number of carbonyl (C=O) groups excluding carboxylic acids is 4. The summed E-state index contributed by atoms with van der Waals surface area (Å²) >= 11 is 0. The van der Waals surface area contributed by atoms with Crippen LogP contribution in [0, 0.1) is 11.8 Å². The highest BCUT2D eigenvalue weighted by atomic mass is 32.2. The van der Waals surface area contributed by atoms with Crippen LogP contribution in [0.2, 0.25) is 0 Å². The van der Waals surface area contributed by atoms with E-state index < -0.39 is 75.6 Å². The molecule has 1 saturated carbocycles. The third-order valence-corrected chi connectivity index (χ3v) is 9.06. The fourth-order valence-electron chi connectivity index (χ4n) is 5.12. The average molecular weight is 694 g/mol. The Hall–Kier alpha value is -4.19. The van der Waals surface area contributed by atoms with Crippen molar-refractivity contribution in [1.29, 1.82) is 0 Å². The van der Waals surface area contributed by atoms with Gasteiger partial charge in [-0.05, 0) is 61.3 Å². The first-order valence-corrected chi connectivity index (χ1v) is 15.7. The molecule has 2 aliphatic rings.